The molecule has 0 radical (unpaired) electrons. The van der Waals surface area contributed by atoms with E-state index >= 15 is 0 Å². The van der Waals surface area contributed by atoms with Crippen molar-refractivity contribution in [2.24, 2.45) is 0 Å². The summed E-state index contributed by atoms with van der Waals surface area (Å²) < 4.78 is 1.85. The smallest absolute Gasteiger partial charge is 0.143 e. The average molecular weight is 230 g/mol. The maximum absolute atomic E-state index is 3.99. The molecule has 0 saturated heterocycles. The monoisotopic (exact) mass is 230 g/mol. The van der Waals surface area contributed by atoms with Gasteiger partial charge in [-0.05, 0) is 25.6 Å². The molecule has 0 fully saturated rings. The summed E-state index contributed by atoms with van der Waals surface area (Å²) in [7, 11) is 0. The van der Waals surface area contributed by atoms with Crippen LogP contribution in [-0.4, -0.2) is 20.4 Å². The van der Waals surface area contributed by atoms with Crippen LogP contribution in [0.25, 0.3) is 0 Å². The molecule has 2 aromatic heterocycles. The third-order valence-electron chi connectivity index (χ3n) is 1.19. The largest absolute Gasteiger partial charge is 0.181 e. The molecule has 0 saturated carbocycles. The summed E-state index contributed by atoms with van der Waals surface area (Å²) in [5.74, 6) is 0. The van der Waals surface area contributed by atoms with Gasteiger partial charge >= 0.3 is 0 Å². The van der Waals surface area contributed by atoms with Crippen LogP contribution >= 0.6 is 34.4 Å². The van der Waals surface area contributed by atoms with E-state index in [1.54, 1.807) is 22.7 Å². The lowest BCUT2D eigenvalue weighted by Crippen LogP contribution is -1.72. The summed E-state index contributed by atoms with van der Waals surface area (Å²) in [4.78, 5) is 0. The molecule has 0 amide bonds. The number of hydrogen-bond acceptors (Lipinski definition) is 7. The highest BCUT2D eigenvalue weighted by Crippen LogP contribution is 2.31. The second kappa shape index (κ2) is 3.69. The lowest BCUT2D eigenvalue weighted by atomic mass is 10.9. The number of aromatic nitrogens is 4. The van der Waals surface area contributed by atoms with Crippen molar-refractivity contribution in [1.82, 2.24) is 20.4 Å². The van der Waals surface area contributed by atoms with Gasteiger partial charge in [0.05, 0.1) is 0 Å². The van der Waals surface area contributed by atoms with Gasteiger partial charge < -0.3 is 0 Å². The van der Waals surface area contributed by atoms with Crippen LogP contribution in [0.4, 0.5) is 0 Å². The number of rotatable bonds is 2. The van der Waals surface area contributed by atoms with Crippen LogP contribution in [0.2, 0.25) is 0 Å². The van der Waals surface area contributed by atoms with Gasteiger partial charge in [-0.3, -0.25) is 0 Å². The zero-order valence-corrected chi connectivity index (χ0v) is 9.46. The van der Waals surface area contributed by atoms with Gasteiger partial charge in [0, 0.05) is 0 Å². The number of nitrogens with zero attached hydrogens (tertiary/aromatic N) is 4. The third kappa shape index (κ3) is 2.23. The molecule has 2 heterocycles. The Morgan fingerprint density at radius 2 is 1.31 bits per heavy atom. The molecule has 0 bridgehead atoms. The summed E-state index contributed by atoms with van der Waals surface area (Å²) in [5.41, 5.74) is 0. The second-order valence-corrected chi connectivity index (χ2v) is 6.13. The normalized spacial score (nSPS) is 10.6. The zero-order valence-electron chi connectivity index (χ0n) is 7.01. The summed E-state index contributed by atoms with van der Waals surface area (Å²) in [6, 6.07) is 0. The molecule has 0 aliphatic carbocycles. The van der Waals surface area contributed by atoms with Crippen molar-refractivity contribution in [3.05, 3.63) is 10.0 Å². The SMILES string of the molecule is Cc1nnc(Sc2nnc(C)s2)s1. The van der Waals surface area contributed by atoms with E-state index < -0.39 is 0 Å². The Hall–Kier alpha value is -0.530. The molecule has 0 spiro atoms. The molecule has 0 unspecified atom stereocenters. The maximum atomic E-state index is 3.99. The molecule has 0 aliphatic rings. The molecule has 4 nitrogen and oxygen atoms in total. The Morgan fingerprint density at radius 3 is 1.62 bits per heavy atom. The molecular weight excluding hydrogens is 224 g/mol. The van der Waals surface area contributed by atoms with Crippen molar-refractivity contribution in [2.45, 2.75) is 22.5 Å². The van der Waals surface area contributed by atoms with Crippen molar-refractivity contribution in [1.29, 1.82) is 0 Å². The van der Waals surface area contributed by atoms with Gasteiger partial charge in [0.15, 0.2) is 8.68 Å². The Morgan fingerprint density at radius 1 is 0.846 bits per heavy atom. The first-order chi connectivity index (χ1) is 6.24. The first-order valence-electron chi connectivity index (χ1n) is 3.52. The Bertz CT molecular complexity index is 369. The molecule has 0 N–H and O–H groups in total. The number of aryl methyl sites for hydroxylation is 2. The van der Waals surface area contributed by atoms with Crippen molar-refractivity contribution in [3.63, 3.8) is 0 Å². The van der Waals surface area contributed by atoms with Crippen LogP contribution in [0.3, 0.4) is 0 Å². The lowest BCUT2D eigenvalue weighted by Gasteiger charge is -1.84. The third-order valence-corrected chi connectivity index (χ3v) is 3.97. The van der Waals surface area contributed by atoms with Crippen LogP contribution in [0, 0.1) is 13.8 Å². The summed E-state index contributed by atoms with van der Waals surface area (Å²) in [6.45, 7) is 3.88. The molecule has 0 aliphatic heterocycles. The van der Waals surface area contributed by atoms with E-state index in [0.717, 1.165) is 18.7 Å². The van der Waals surface area contributed by atoms with Crippen molar-refractivity contribution in [2.75, 3.05) is 0 Å². The minimum atomic E-state index is 0.925. The van der Waals surface area contributed by atoms with E-state index in [1.807, 2.05) is 13.8 Å². The van der Waals surface area contributed by atoms with Crippen molar-refractivity contribution >= 4 is 34.4 Å². The molecule has 0 aromatic carbocycles. The molecule has 13 heavy (non-hydrogen) atoms. The van der Waals surface area contributed by atoms with E-state index in [2.05, 4.69) is 20.4 Å². The summed E-state index contributed by atoms with van der Waals surface area (Å²) >= 11 is 4.66. The van der Waals surface area contributed by atoms with Gasteiger partial charge in [0.1, 0.15) is 10.0 Å². The van der Waals surface area contributed by atoms with E-state index in [4.69, 9.17) is 0 Å². The molecule has 0 atom stereocenters. The second-order valence-electron chi connectivity index (χ2n) is 2.28. The van der Waals surface area contributed by atoms with Gasteiger partial charge in [-0.25, -0.2) is 0 Å². The van der Waals surface area contributed by atoms with Crippen LogP contribution in [0.5, 0.6) is 0 Å². The topological polar surface area (TPSA) is 51.6 Å². The molecular formula is C6H6N4S3. The molecule has 68 valence electrons. The Kier molecular flexibility index (Phi) is 2.56. The quantitative estimate of drug-likeness (QED) is 0.791. The van der Waals surface area contributed by atoms with Gasteiger partial charge in [-0.1, -0.05) is 22.7 Å². The van der Waals surface area contributed by atoms with Crippen LogP contribution in [0.1, 0.15) is 10.0 Å². The van der Waals surface area contributed by atoms with Crippen molar-refractivity contribution in [3.8, 4) is 0 Å². The predicted molar refractivity (Wildman–Crippen MR) is 53.4 cm³/mol. The van der Waals surface area contributed by atoms with Gasteiger partial charge in [0.25, 0.3) is 0 Å². The minimum absolute atomic E-state index is 0.925. The standard InChI is InChI=1S/C6H6N4S3/c1-3-7-9-5(11-3)13-6-10-8-4(2)12-6/h1-2H3. The fourth-order valence-electron chi connectivity index (χ4n) is 0.714. The molecule has 2 rings (SSSR count). The molecule has 2 aromatic rings. The fourth-order valence-corrected chi connectivity index (χ4v) is 3.55. The maximum Gasteiger partial charge on any atom is 0.181 e. The van der Waals surface area contributed by atoms with E-state index in [-0.39, 0.29) is 0 Å². The summed E-state index contributed by atoms with van der Waals surface area (Å²) in [5, 5.41) is 17.8. The first-order valence-corrected chi connectivity index (χ1v) is 5.97. The highest BCUT2D eigenvalue weighted by molar-refractivity contribution is 8.02. The lowest BCUT2D eigenvalue weighted by molar-refractivity contribution is 0.967. The fraction of sp³-hybridized carbons (Fsp3) is 0.333. The predicted octanol–water partition coefficient (Wildman–Crippen LogP) is 2.16. The van der Waals surface area contributed by atoms with Gasteiger partial charge in [-0.2, -0.15) is 0 Å². The highest BCUT2D eigenvalue weighted by Gasteiger charge is 2.06. The van der Waals surface area contributed by atoms with Crippen molar-refractivity contribution < 1.29 is 0 Å². The Balaban J connectivity index is 2.14. The zero-order chi connectivity index (χ0) is 9.26. The highest BCUT2D eigenvalue weighted by atomic mass is 32.2. The minimum Gasteiger partial charge on any atom is -0.143 e. The van der Waals surface area contributed by atoms with E-state index in [9.17, 15) is 0 Å². The average Bonchev–Trinajstić information content (AvgIpc) is 2.62. The van der Waals surface area contributed by atoms with Gasteiger partial charge in [0.2, 0.25) is 0 Å². The first kappa shape index (κ1) is 9.04. The Labute approximate surface area is 87.4 Å². The van der Waals surface area contributed by atoms with E-state index in [0.29, 0.717) is 0 Å². The van der Waals surface area contributed by atoms with Crippen LogP contribution in [0.15, 0.2) is 8.68 Å². The van der Waals surface area contributed by atoms with Crippen LogP contribution < -0.4 is 0 Å². The summed E-state index contributed by atoms with van der Waals surface area (Å²) in [6.07, 6.45) is 0. The van der Waals surface area contributed by atoms with E-state index in [1.165, 1.54) is 11.8 Å². The molecule has 7 heteroatoms. The van der Waals surface area contributed by atoms with Gasteiger partial charge in [-0.15, -0.1) is 20.4 Å². The number of hydrogen-bond donors (Lipinski definition) is 0. The van der Waals surface area contributed by atoms with Crippen LogP contribution in [-0.2, 0) is 0 Å².